The van der Waals surface area contributed by atoms with E-state index in [4.69, 9.17) is 0 Å². The highest BCUT2D eigenvalue weighted by Crippen LogP contribution is 2.06. The molecule has 2 unspecified atom stereocenters. The molecule has 0 saturated heterocycles. The lowest BCUT2D eigenvalue weighted by molar-refractivity contribution is -0.126. The molecule has 0 aromatic heterocycles. The molecule has 4 nitrogen and oxygen atoms in total. The van der Waals surface area contributed by atoms with E-state index in [9.17, 15) is 9.59 Å². The molecule has 0 aromatic carbocycles. The van der Waals surface area contributed by atoms with Crippen LogP contribution in [-0.4, -0.2) is 36.3 Å². The second-order valence-electron chi connectivity index (χ2n) is 3.56. The molecule has 19 heavy (non-hydrogen) atoms. The van der Waals surface area contributed by atoms with E-state index in [-0.39, 0.29) is 11.8 Å². The molecule has 2 atom stereocenters. The topological polar surface area (TPSA) is 55.4 Å². The van der Waals surface area contributed by atoms with Gasteiger partial charge >= 0.3 is 5.97 Å². The Labute approximate surface area is 121 Å². The van der Waals surface area contributed by atoms with Crippen LogP contribution in [0.15, 0.2) is 0 Å². The number of thioether (sulfide) groups is 1. The highest BCUT2D eigenvalue weighted by atomic mass is 32.2. The Morgan fingerprint density at radius 2 is 2.11 bits per heavy atom. The van der Waals surface area contributed by atoms with Crippen molar-refractivity contribution in [3.05, 3.63) is 0 Å². The summed E-state index contributed by atoms with van der Waals surface area (Å²) in [5.41, 5.74) is 0. The predicted octanol–water partition coefficient (Wildman–Crippen LogP) is 1.02. The Morgan fingerprint density at radius 1 is 1.37 bits per heavy atom. The Balaban J connectivity index is 3.65. The Hall–Kier alpha value is -1.00. The normalized spacial score (nSPS) is 10.5. The molecule has 0 aliphatic rings. The molecule has 0 amide bonds. The van der Waals surface area contributed by atoms with Crippen LogP contribution in [0.1, 0.15) is 19.8 Å². The second kappa shape index (κ2) is 12.1. The number of likely N-dealkylation sites (N-methyl/N-ethyl adjacent to an activating group) is 1. The fourth-order valence-electron chi connectivity index (χ4n) is 1.20. The molecule has 0 aliphatic heterocycles. The number of carbonyl (C=O) groups is 2. The van der Waals surface area contributed by atoms with Crippen LogP contribution >= 0.6 is 21.2 Å². The Morgan fingerprint density at radius 3 is 2.68 bits per heavy atom. The summed E-state index contributed by atoms with van der Waals surface area (Å²) >= 11 is 1.75. The van der Waals surface area contributed by atoms with Gasteiger partial charge in [-0.05, 0) is 38.0 Å². The molecule has 0 radical (unpaired) electrons. The SMILES string of the molecule is CNC(CCSCCC#CC#CC(=O)OP)C(C)=O. The highest BCUT2D eigenvalue weighted by molar-refractivity contribution is 7.99. The molecule has 0 rings (SSSR count). The maximum Gasteiger partial charge on any atom is 0.387 e. The van der Waals surface area contributed by atoms with E-state index < -0.39 is 5.97 Å². The molecule has 0 spiro atoms. The molecular formula is C13H18NO3PS. The second-order valence-corrected chi connectivity index (χ2v) is 5.02. The minimum absolute atomic E-state index is 0.0534. The van der Waals surface area contributed by atoms with Crippen LogP contribution in [0.4, 0.5) is 0 Å². The van der Waals surface area contributed by atoms with Crippen LogP contribution in [0.2, 0.25) is 0 Å². The van der Waals surface area contributed by atoms with E-state index >= 15 is 0 Å². The lowest BCUT2D eigenvalue weighted by Gasteiger charge is -2.11. The first-order valence-electron chi connectivity index (χ1n) is 5.76. The average Bonchev–Trinajstić information content (AvgIpc) is 2.40. The van der Waals surface area contributed by atoms with Crippen molar-refractivity contribution in [2.45, 2.75) is 25.8 Å². The fourth-order valence-corrected chi connectivity index (χ4v) is 2.11. The molecule has 0 heterocycles. The zero-order valence-electron chi connectivity index (χ0n) is 11.1. The van der Waals surface area contributed by atoms with Gasteiger partial charge in [0.25, 0.3) is 0 Å². The van der Waals surface area contributed by atoms with Gasteiger partial charge in [-0.15, -0.1) is 0 Å². The van der Waals surface area contributed by atoms with Crippen LogP contribution in [0.3, 0.4) is 0 Å². The van der Waals surface area contributed by atoms with E-state index in [0.29, 0.717) is 6.42 Å². The van der Waals surface area contributed by atoms with Gasteiger partial charge in [-0.25, -0.2) is 4.79 Å². The van der Waals surface area contributed by atoms with Crippen LogP contribution in [0.25, 0.3) is 0 Å². The van der Waals surface area contributed by atoms with Crippen molar-refractivity contribution in [1.29, 1.82) is 0 Å². The number of hydrogen-bond donors (Lipinski definition) is 1. The minimum Gasteiger partial charge on any atom is -0.442 e. The van der Waals surface area contributed by atoms with Gasteiger partial charge < -0.3 is 9.84 Å². The summed E-state index contributed by atoms with van der Waals surface area (Å²) in [6.07, 6.45) is 1.53. The van der Waals surface area contributed by atoms with Crippen molar-refractivity contribution in [1.82, 2.24) is 5.32 Å². The van der Waals surface area contributed by atoms with E-state index in [1.54, 1.807) is 25.7 Å². The smallest absolute Gasteiger partial charge is 0.387 e. The zero-order chi connectivity index (χ0) is 14.5. The Kier molecular flexibility index (Phi) is 11.4. The number of Topliss-reactive ketones (excluding diaryl/α,β-unsaturated/α-hetero) is 1. The van der Waals surface area contributed by atoms with Crippen molar-refractivity contribution < 1.29 is 14.1 Å². The van der Waals surface area contributed by atoms with Gasteiger partial charge in [0.2, 0.25) is 0 Å². The summed E-state index contributed by atoms with van der Waals surface area (Å²) in [6.45, 7) is 1.59. The van der Waals surface area contributed by atoms with Crippen LogP contribution in [-0.2, 0) is 14.1 Å². The molecule has 0 bridgehead atoms. The molecule has 0 aromatic rings. The van der Waals surface area contributed by atoms with Crippen LogP contribution in [0, 0.1) is 23.7 Å². The Bertz CT molecular complexity index is 417. The quantitative estimate of drug-likeness (QED) is 0.432. The molecule has 0 saturated carbocycles. The highest BCUT2D eigenvalue weighted by Gasteiger charge is 2.09. The van der Waals surface area contributed by atoms with Crippen LogP contribution in [0.5, 0.6) is 0 Å². The van der Waals surface area contributed by atoms with Gasteiger partial charge in [-0.1, -0.05) is 5.92 Å². The number of ketones is 1. The lowest BCUT2D eigenvalue weighted by Crippen LogP contribution is -2.32. The summed E-state index contributed by atoms with van der Waals surface area (Å²) in [6, 6.07) is -0.0534. The first kappa shape index (κ1) is 18.0. The average molecular weight is 299 g/mol. The van der Waals surface area contributed by atoms with Gasteiger partial charge in [0.1, 0.15) is 5.78 Å². The van der Waals surface area contributed by atoms with Gasteiger partial charge in [0.15, 0.2) is 0 Å². The minimum atomic E-state index is -0.615. The van der Waals surface area contributed by atoms with E-state index in [1.165, 1.54) is 0 Å². The molecule has 6 heteroatoms. The molecule has 0 fully saturated rings. The maximum atomic E-state index is 11.1. The zero-order valence-corrected chi connectivity index (χ0v) is 13.1. The van der Waals surface area contributed by atoms with E-state index in [1.807, 2.05) is 9.47 Å². The van der Waals surface area contributed by atoms with Crippen molar-refractivity contribution in [2.24, 2.45) is 0 Å². The van der Waals surface area contributed by atoms with E-state index in [2.05, 4.69) is 33.5 Å². The lowest BCUT2D eigenvalue weighted by atomic mass is 10.1. The first-order chi connectivity index (χ1) is 9.11. The number of hydrogen-bond acceptors (Lipinski definition) is 5. The number of rotatable bonds is 7. The summed E-state index contributed by atoms with van der Waals surface area (Å²) in [5, 5.41) is 2.98. The summed E-state index contributed by atoms with van der Waals surface area (Å²) < 4.78 is 4.26. The third-order valence-corrected chi connectivity index (χ3v) is 3.42. The molecular weight excluding hydrogens is 281 g/mol. The number of nitrogens with one attached hydrogen (secondary N) is 1. The van der Waals surface area contributed by atoms with Crippen molar-refractivity contribution >= 4 is 33.0 Å². The third-order valence-electron chi connectivity index (χ3n) is 2.18. The van der Waals surface area contributed by atoms with Gasteiger partial charge in [0.05, 0.1) is 15.5 Å². The summed E-state index contributed by atoms with van der Waals surface area (Å²) in [5.74, 6) is 11.4. The number of carbonyl (C=O) groups excluding carboxylic acids is 2. The molecule has 104 valence electrons. The monoisotopic (exact) mass is 299 g/mol. The predicted molar refractivity (Wildman–Crippen MR) is 81.4 cm³/mol. The summed E-state index contributed by atoms with van der Waals surface area (Å²) in [7, 11) is 3.62. The van der Waals surface area contributed by atoms with Gasteiger partial charge in [-0.2, -0.15) is 11.8 Å². The molecule has 1 N–H and O–H groups in total. The van der Waals surface area contributed by atoms with E-state index in [0.717, 1.165) is 17.9 Å². The molecule has 0 aliphatic carbocycles. The van der Waals surface area contributed by atoms with Crippen molar-refractivity contribution in [3.8, 4) is 23.7 Å². The van der Waals surface area contributed by atoms with Crippen LogP contribution < -0.4 is 5.32 Å². The first-order valence-corrected chi connectivity index (χ1v) is 7.39. The van der Waals surface area contributed by atoms with Crippen molar-refractivity contribution in [2.75, 3.05) is 18.6 Å². The van der Waals surface area contributed by atoms with Gasteiger partial charge in [0, 0.05) is 18.1 Å². The van der Waals surface area contributed by atoms with Gasteiger partial charge in [-0.3, -0.25) is 4.79 Å². The summed E-state index contributed by atoms with van der Waals surface area (Å²) in [4.78, 5) is 21.8. The fraction of sp³-hybridized carbons (Fsp3) is 0.538. The maximum absolute atomic E-state index is 11.1. The third kappa shape index (κ3) is 10.6. The van der Waals surface area contributed by atoms with Crippen molar-refractivity contribution in [3.63, 3.8) is 0 Å². The standard InChI is InChI=1S/C13H18NO3PS/c1-11(15)12(14-2)8-10-19-9-6-4-3-5-7-13(16)17-18/h12,14H,6,8-10,18H2,1-2H3. The largest absolute Gasteiger partial charge is 0.442 e.